The first kappa shape index (κ1) is 19.8. The molecule has 2 atom stereocenters. The highest BCUT2D eigenvalue weighted by Gasteiger charge is 2.33. The SMILES string of the molecule is Cc1ccc(F)cc1C(=O)Nc1ccc(N2CC[C@@H](N3CCC[C@@H]3C)C2)nc1C. The van der Waals surface area contributed by atoms with Gasteiger partial charge in [-0.1, -0.05) is 6.07 Å². The Kier molecular flexibility index (Phi) is 5.54. The topological polar surface area (TPSA) is 48.5 Å². The molecule has 2 fully saturated rings. The van der Waals surface area contributed by atoms with E-state index >= 15 is 0 Å². The van der Waals surface area contributed by atoms with E-state index in [0.717, 1.165) is 30.2 Å². The summed E-state index contributed by atoms with van der Waals surface area (Å²) in [4.78, 5) is 22.3. The molecular weight excluding hydrogens is 367 g/mol. The third kappa shape index (κ3) is 4.13. The molecule has 2 aliphatic rings. The van der Waals surface area contributed by atoms with Crippen LogP contribution >= 0.6 is 0 Å². The average Bonchev–Trinajstić information content (AvgIpc) is 3.34. The molecule has 2 aliphatic heterocycles. The van der Waals surface area contributed by atoms with Gasteiger partial charge in [-0.2, -0.15) is 0 Å². The molecule has 1 aromatic heterocycles. The van der Waals surface area contributed by atoms with Crippen LogP contribution in [-0.4, -0.2) is 47.5 Å². The summed E-state index contributed by atoms with van der Waals surface area (Å²) in [6, 6.07) is 9.39. The molecule has 0 aliphatic carbocycles. The molecule has 6 heteroatoms. The van der Waals surface area contributed by atoms with Crippen molar-refractivity contribution in [3.05, 3.63) is 53.0 Å². The highest BCUT2D eigenvalue weighted by atomic mass is 19.1. The molecule has 0 spiro atoms. The Morgan fingerprint density at radius 3 is 2.72 bits per heavy atom. The van der Waals surface area contributed by atoms with Gasteiger partial charge in [0.15, 0.2) is 0 Å². The summed E-state index contributed by atoms with van der Waals surface area (Å²) in [6.45, 7) is 9.24. The van der Waals surface area contributed by atoms with Gasteiger partial charge in [0, 0.05) is 30.7 Å². The Bertz CT molecular complexity index is 916. The van der Waals surface area contributed by atoms with Crippen molar-refractivity contribution >= 4 is 17.4 Å². The summed E-state index contributed by atoms with van der Waals surface area (Å²) in [5.41, 5.74) is 2.51. The lowest BCUT2D eigenvalue weighted by Gasteiger charge is -2.28. The van der Waals surface area contributed by atoms with Gasteiger partial charge >= 0.3 is 0 Å². The summed E-state index contributed by atoms with van der Waals surface area (Å²) in [5.74, 6) is 0.225. The fraction of sp³-hybridized carbons (Fsp3) is 0.478. The normalized spacial score (nSPS) is 22.3. The molecule has 0 bridgehead atoms. The van der Waals surface area contributed by atoms with Crippen molar-refractivity contribution in [2.45, 2.75) is 52.1 Å². The van der Waals surface area contributed by atoms with E-state index in [-0.39, 0.29) is 5.91 Å². The second kappa shape index (κ2) is 8.11. The average molecular weight is 397 g/mol. The lowest BCUT2D eigenvalue weighted by Crippen LogP contribution is -2.39. The van der Waals surface area contributed by atoms with Gasteiger partial charge in [0.05, 0.1) is 11.4 Å². The minimum atomic E-state index is -0.415. The number of rotatable bonds is 4. The minimum absolute atomic E-state index is 0.316. The standard InChI is InChI=1S/C23H29FN4O/c1-15-6-7-18(24)13-20(15)23(29)26-21-8-9-22(25-17(21)3)27-12-10-19(14-27)28-11-4-5-16(28)2/h6-9,13,16,19H,4-5,10-12,14H2,1-3H3,(H,26,29)/t16-,19+/m0/s1. The highest BCUT2D eigenvalue weighted by molar-refractivity contribution is 6.05. The Morgan fingerprint density at radius 2 is 2.00 bits per heavy atom. The van der Waals surface area contributed by atoms with Crippen LogP contribution in [0.2, 0.25) is 0 Å². The Morgan fingerprint density at radius 1 is 1.17 bits per heavy atom. The lowest BCUT2D eigenvalue weighted by atomic mass is 10.1. The third-order valence-corrected chi connectivity index (χ3v) is 6.32. The molecule has 5 nitrogen and oxygen atoms in total. The van der Waals surface area contributed by atoms with E-state index in [9.17, 15) is 9.18 Å². The number of amides is 1. The summed E-state index contributed by atoms with van der Waals surface area (Å²) >= 11 is 0. The molecule has 1 aromatic carbocycles. The van der Waals surface area contributed by atoms with Crippen molar-refractivity contribution in [3.63, 3.8) is 0 Å². The van der Waals surface area contributed by atoms with Gasteiger partial charge in [-0.3, -0.25) is 9.69 Å². The minimum Gasteiger partial charge on any atom is -0.355 e. The Labute approximate surface area is 171 Å². The summed E-state index contributed by atoms with van der Waals surface area (Å²) in [5, 5.41) is 2.88. The first-order valence-corrected chi connectivity index (χ1v) is 10.5. The van der Waals surface area contributed by atoms with Gasteiger partial charge in [-0.15, -0.1) is 0 Å². The van der Waals surface area contributed by atoms with E-state index in [4.69, 9.17) is 4.98 Å². The van der Waals surface area contributed by atoms with Crippen LogP contribution in [0.3, 0.4) is 0 Å². The molecule has 0 saturated carbocycles. The smallest absolute Gasteiger partial charge is 0.256 e. The van der Waals surface area contributed by atoms with Crippen molar-refractivity contribution in [2.75, 3.05) is 29.9 Å². The van der Waals surface area contributed by atoms with E-state index < -0.39 is 5.82 Å². The molecule has 1 amide bonds. The van der Waals surface area contributed by atoms with E-state index in [1.54, 1.807) is 13.0 Å². The van der Waals surface area contributed by atoms with Crippen molar-refractivity contribution in [2.24, 2.45) is 0 Å². The number of hydrogen-bond donors (Lipinski definition) is 1. The Hall–Kier alpha value is -2.47. The van der Waals surface area contributed by atoms with Crippen LogP contribution in [0.5, 0.6) is 0 Å². The molecule has 154 valence electrons. The van der Waals surface area contributed by atoms with Crippen LogP contribution in [0.1, 0.15) is 47.8 Å². The second-order valence-electron chi connectivity index (χ2n) is 8.33. The number of aromatic nitrogens is 1. The van der Waals surface area contributed by atoms with Crippen molar-refractivity contribution in [3.8, 4) is 0 Å². The second-order valence-corrected chi connectivity index (χ2v) is 8.33. The number of hydrogen-bond acceptors (Lipinski definition) is 4. The molecule has 1 N–H and O–H groups in total. The number of nitrogens with zero attached hydrogens (tertiary/aromatic N) is 3. The fourth-order valence-corrected chi connectivity index (χ4v) is 4.60. The van der Waals surface area contributed by atoms with E-state index in [2.05, 4.69) is 22.0 Å². The Balaban J connectivity index is 1.44. The number of likely N-dealkylation sites (tertiary alicyclic amines) is 1. The molecule has 2 aromatic rings. The largest absolute Gasteiger partial charge is 0.355 e. The van der Waals surface area contributed by atoms with Crippen LogP contribution in [0, 0.1) is 19.7 Å². The predicted octanol–water partition coefficient (Wildman–Crippen LogP) is 4.15. The van der Waals surface area contributed by atoms with Gasteiger partial charge < -0.3 is 10.2 Å². The zero-order valence-electron chi connectivity index (χ0n) is 17.4. The molecule has 4 rings (SSSR count). The van der Waals surface area contributed by atoms with Gasteiger partial charge in [0.2, 0.25) is 0 Å². The number of anilines is 2. The van der Waals surface area contributed by atoms with E-state index in [1.807, 2.05) is 19.1 Å². The number of pyridine rings is 1. The van der Waals surface area contributed by atoms with Crippen molar-refractivity contribution in [1.29, 1.82) is 0 Å². The molecule has 2 saturated heterocycles. The van der Waals surface area contributed by atoms with Crippen LogP contribution in [0.4, 0.5) is 15.9 Å². The van der Waals surface area contributed by atoms with Gasteiger partial charge in [-0.05, 0) is 76.4 Å². The number of benzene rings is 1. The lowest BCUT2D eigenvalue weighted by molar-refractivity contribution is 0.102. The molecule has 3 heterocycles. The third-order valence-electron chi connectivity index (χ3n) is 6.32. The number of carbonyl (C=O) groups excluding carboxylic acids is 1. The van der Waals surface area contributed by atoms with Crippen LogP contribution in [0.25, 0.3) is 0 Å². The monoisotopic (exact) mass is 396 g/mol. The number of aryl methyl sites for hydroxylation is 2. The first-order chi connectivity index (χ1) is 13.9. The van der Waals surface area contributed by atoms with Gasteiger partial charge in [0.25, 0.3) is 5.91 Å². The van der Waals surface area contributed by atoms with Crippen LogP contribution < -0.4 is 10.2 Å². The molecule has 0 radical (unpaired) electrons. The summed E-state index contributed by atoms with van der Waals surface area (Å²) in [6.07, 6.45) is 3.77. The van der Waals surface area contributed by atoms with E-state index in [1.165, 1.54) is 37.9 Å². The maximum absolute atomic E-state index is 13.5. The molecule has 0 unspecified atom stereocenters. The maximum Gasteiger partial charge on any atom is 0.256 e. The predicted molar refractivity (Wildman–Crippen MR) is 114 cm³/mol. The number of halogens is 1. The zero-order chi connectivity index (χ0) is 20.5. The quantitative estimate of drug-likeness (QED) is 0.843. The summed E-state index contributed by atoms with van der Waals surface area (Å²) in [7, 11) is 0. The number of carbonyl (C=O) groups is 1. The number of nitrogens with one attached hydrogen (secondary N) is 1. The first-order valence-electron chi connectivity index (χ1n) is 10.5. The highest BCUT2D eigenvalue weighted by Crippen LogP contribution is 2.28. The molecule has 29 heavy (non-hydrogen) atoms. The van der Waals surface area contributed by atoms with Crippen LogP contribution in [-0.2, 0) is 0 Å². The van der Waals surface area contributed by atoms with Gasteiger partial charge in [0.1, 0.15) is 11.6 Å². The van der Waals surface area contributed by atoms with Crippen LogP contribution in [0.15, 0.2) is 30.3 Å². The molecular formula is C23H29FN4O. The zero-order valence-corrected chi connectivity index (χ0v) is 17.4. The fourth-order valence-electron chi connectivity index (χ4n) is 4.60. The van der Waals surface area contributed by atoms with Crippen molar-refractivity contribution < 1.29 is 9.18 Å². The maximum atomic E-state index is 13.5. The summed E-state index contributed by atoms with van der Waals surface area (Å²) < 4.78 is 13.5. The van der Waals surface area contributed by atoms with Gasteiger partial charge in [-0.25, -0.2) is 9.37 Å². The van der Waals surface area contributed by atoms with E-state index in [0.29, 0.717) is 23.3 Å². The van der Waals surface area contributed by atoms with Crippen molar-refractivity contribution in [1.82, 2.24) is 9.88 Å².